The van der Waals surface area contributed by atoms with Gasteiger partial charge in [-0.1, -0.05) is 24.8 Å². The summed E-state index contributed by atoms with van der Waals surface area (Å²) >= 11 is 0. The van der Waals surface area contributed by atoms with Gasteiger partial charge in [0.05, 0.1) is 5.57 Å². The minimum absolute atomic E-state index is 0.0120. The molecule has 1 aromatic heterocycles. The third-order valence-corrected chi connectivity index (χ3v) is 2.30. The van der Waals surface area contributed by atoms with Gasteiger partial charge in [-0.05, 0) is 12.1 Å². The number of hydrogen-bond donors (Lipinski definition) is 1. The van der Waals surface area contributed by atoms with Crippen LogP contribution in [0.1, 0.15) is 0 Å². The number of pyridine rings is 1. The molecule has 86 valence electrons. The van der Waals surface area contributed by atoms with Crippen molar-refractivity contribution in [1.29, 1.82) is 0 Å². The maximum Gasteiger partial charge on any atom is 0.334 e. The van der Waals surface area contributed by atoms with Gasteiger partial charge in [0.2, 0.25) is 0 Å². The molecule has 0 saturated heterocycles. The van der Waals surface area contributed by atoms with Gasteiger partial charge in [0, 0.05) is 11.6 Å². The molecule has 0 saturated carbocycles. The molecule has 0 unspecified atom stereocenters. The maximum atomic E-state index is 10.6. The minimum Gasteiger partial charge on any atom is -0.486 e. The standard InChI is InChI=1S/C13H11NO3/c1-9(13(15)16)8-17-11-6-2-4-10-5-3-7-14-12(10)11/h2-7H,1,8H2,(H,15,16). The lowest BCUT2D eigenvalue weighted by atomic mass is 10.2. The number of para-hydroxylation sites is 1. The Morgan fingerprint density at radius 2 is 2.12 bits per heavy atom. The zero-order valence-electron chi connectivity index (χ0n) is 9.09. The zero-order chi connectivity index (χ0) is 12.3. The molecule has 1 heterocycles. The molecule has 1 aromatic carbocycles. The molecule has 17 heavy (non-hydrogen) atoms. The third kappa shape index (κ3) is 2.42. The topological polar surface area (TPSA) is 59.4 Å². The highest BCUT2D eigenvalue weighted by molar-refractivity contribution is 5.87. The fourth-order valence-electron chi connectivity index (χ4n) is 1.42. The van der Waals surface area contributed by atoms with E-state index >= 15 is 0 Å². The lowest BCUT2D eigenvalue weighted by molar-refractivity contribution is -0.133. The number of ether oxygens (including phenoxy) is 1. The molecule has 0 aliphatic heterocycles. The monoisotopic (exact) mass is 229 g/mol. The van der Waals surface area contributed by atoms with Crippen LogP contribution in [0.25, 0.3) is 10.9 Å². The van der Waals surface area contributed by atoms with Gasteiger partial charge < -0.3 is 9.84 Å². The second kappa shape index (κ2) is 4.65. The molecule has 1 N–H and O–H groups in total. The van der Waals surface area contributed by atoms with E-state index in [0.29, 0.717) is 11.3 Å². The van der Waals surface area contributed by atoms with Crippen LogP contribution < -0.4 is 4.74 Å². The number of carboxylic acid groups (broad SMARTS) is 1. The second-order valence-electron chi connectivity index (χ2n) is 3.53. The molecule has 0 fully saturated rings. The highest BCUT2D eigenvalue weighted by Gasteiger charge is 2.07. The number of aliphatic carboxylic acids is 1. The number of rotatable bonds is 4. The van der Waals surface area contributed by atoms with Crippen LogP contribution in [0.4, 0.5) is 0 Å². The van der Waals surface area contributed by atoms with Crippen molar-refractivity contribution < 1.29 is 14.6 Å². The van der Waals surface area contributed by atoms with E-state index in [2.05, 4.69) is 11.6 Å². The first-order valence-corrected chi connectivity index (χ1v) is 5.06. The molecule has 0 radical (unpaired) electrons. The molecule has 2 rings (SSSR count). The predicted octanol–water partition coefficient (Wildman–Crippen LogP) is 2.25. The molecule has 0 spiro atoms. The smallest absolute Gasteiger partial charge is 0.334 e. The van der Waals surface area contributed by atoms with Crippen LogP contribution in [0.2, 0.25) is 0 Å². The number of nitrogens with zero attached hydrogens (tertiary/aromatic N) is 1. The molecule has 4 nitrogen and oxygen atoms in total. The maximum absolute atomic E-state index is 10.6. The van der Waals surface area contributed by atoms with Crippen LogP contribution in [-0.2, 0) is 4.79 Å². The quantitative estimate of drug-likeness (QED) is 0.817. The normalized spacial score (nSPS) is 10.1. The Morgan fingerprint density at radius 3 is 2.88 bits per heavy atom. The molecule has 4 heteroatoms. The van der Waals surface area contributed by atoms with Crippen molar-refractivity contribution in [1.82, 2.24) is 4.98 Å². The van der Waals surface area contributed by atoms with Crippen molar-refractivity contribution in [2.75, 3.05) is 6.61 Å². The van der Waals surface area contributed by atoms with Crippen molar-refractivity contribution in [2.45, 2.75) is 0 Å². The fourth-order valence-corrected chi connectivity index (χ4v) is 1.42. The Labute approximate surface area is 98.2 Å². The summed E-state index contributed by atoms with van der Waals surface area (Å²) in [6.45, 7) is 3.35. The third-order valence-electron chi connectivity index (χ3n) is 2.30. The van der Waals surface area contributed by atoms with Crippen LogP contribution >= 0.6 is 0 Å². The van der Waals surface area contributed by atoms with Crippen molar-refractivity contribution in [3.8, 4) is 5.75 Å². The van der Waals surface area contributed by atoms with E-state index < -0.39 is 5.97 Å². The Bertz CT molecular complexity index is 572. The number of hydrogen-bond acceptors (Lipinski definition) is 3. The summed E-state index contributed by atoms with van der Waals surface area (Å²) in [4.78, 5) is 14.8. The first-order chi connectivity index (χ1) is 8.18. The molecule has 0 amide bonds. The first-order valence-electron chi connectivity index (χ1n) is 5.06. The van der Waals surface area contributed by atoms with E-state index in [0.717, 1.165) is 5.39 Å². The van der Waals surface area contributed by atoms with Crippen molar-refractivity contribution in [3.63, 3.8) is 0 Å². The SMILES string of the molecule is C=C(COc1cccc2cccnc12)C(=O)O. The number of fused-ring (bicyclic) bond motifs is 1. The largest absolute Gasteiger partial charge is 0.486 e. The summed E-state index contributed by atoms with van der Waals surface area (Å²) < 4.78 is 5.40. The number of benzene rings is 1. The van der Waals surface area contributed by atoms with Crippen molar-refractivity contribution >= 4 is 16.9 Å². The van der Waals surface area contributed by atoms with Crippen LogP contribution in [0.15, 0.2) is 48.7 Å². The van der Waals surface area contributed by atoms with Gasteiger partial charge in [-0.2, -0.15) is 0 Å². The average Bonchev–Trinajstić information content (AvgIpc) is 2.35. The summed E-state index contributed by atoms with van der Waals surface area (Å²) in [6.07, 6.45) is 1.67. The molecular formula is C13H11NO3. The second-order valence-corrected chi connectivity index (χ2v) is 3.53. The Hall–Kier alpha value is -2.36. The van der Waals surface area contributed by atoms with E-state index in [9.17, 15) is 4.79 Å². The fraction of sp³-hybridized carbons (Fsp3) is 0.0769. The molecule has 0 atom stereocenters. The van der Waals surface area contributed by atoms with Crippen LogP contribution in [-0.4, -0.2) is 22.7 Å². The Kier molecular flexibility index (Phi) is 3.05. The van der Waals surface area contributed by atoms with Crippen LogP contribution in [0.3, 0.4) is 0 Å². The van der Waals surface area contributed by atoms with E-state index in [4.69, 9.17) is 9.84 Å². The van der Waals surface area contributed by atoms with Gasteiger partial charge in [0.1, 0.15) is 17.9 Å². The molecule has 0 aliphatic rings. The van der Waals surface area contributed by atoms with Gasteiger partial charge in [0.25, 0.3) is 0 Å². The van der Waals surface area contributed by atoms with Gasteiger partial charge in [0.15, 0.2) is 0 Å². The number of carboxylic acids is 1. The number of carbonyl (C=O) groups is 1. The molecule has 2 aromatic rings. The van der Waals surface area contributed by atoms with Crippen molar-refractivity contribution in [3.05, 3.63) is 48.7 Å². The van der Waals surface area contributed by atoms with Gasteiger partial charge >= 0.3 is 5.97 Å². The summed E-state index contributed by atoms with van der Waals surface area (Å²) in [5.74, 6) is -0.497. The highest BCUT2D eigenvalue weighted by Crippen LogP contribution is 2.23. The summed E-state index contributed by atoms with van der Waals surface area (Å²) in [7, 11) is 0. The minimum atomic E-state index is -1.06. The molecule has 0 aliphatic carbocycles. The van der Waals surface area contributed by atoms with Gasteiger partial charge in [-0.15, -0.1) is 0 Å². The van der Waals surface area contributed by atoms with E-state index in [-0.39, 0.29) is 12.2 Å². The Morgan fingerprint density at radius 1 is 1.35 bits per heavy atom. The Balaban J connectivity index is 2.24. The first kappa shape index (κ1) is 11.1. The van der Waals surface area contributed by atoms with Crippen LogP contribution in [0.5, 0.6) is 5.75 Å². The van der Waals surface area contributed by atoms with E-state index in [1.54, 1.807) is 12.3 Å². The van der Waals surface area contributed by atoms with Crippen molar-refractivity contribution in [2.24, 2.45) is 0 Å². The summed E-state index contributed by atoms with van der Waals surface area (Å²) in [6, 6.07) is 9.26. The van der Waals surface area contributed by atoms with Crippen LogP contribution in [0, 0.1) is 0 Å². The number of aromatic nitrogens is 1. The zero-order valence-corrected chi connectivity index (χ0v) is 9.09. The highest BCUT2D eigenvalue weighted by atomic mass is 16.5. The van der Waals surface area contributed by atoms with E-state index in [1.807, 2.05) is 24.3 Å². The summed E-state index contributed by atoms with van der Waals surface area (Å²) in [5.41, 5.74) is 0.728. The summed E-state index contributed by atoms with van der Waals surface area (Å²) in [5, 5.41) is 9.63. The lowest BCUT2D eigenvalue weighted by Crippen LogP contribution is -2.09. The van der Waals surface area contributed by atoms with Gasteiger partial charge in [-0.3, -0.25) is 4.98 Å². The van der Waals surface area contributed by atoms with Gasteiger partial charge in [-0.25, -0.2) is 4.79 Å². The lowest BCUT2D eigenvalue weighted by Gasteiger charge is -2.08. The van der Waals surface area contributed by atoms with E-state index in [1.165, 1.54) is 0 Å². The average molecular weight is 229 g/mol. The molecule has 0 bridgehead atoms. The molecular weight excluding hydrogens is 218 g/mol. The predicted molar refractivity (Wildman–Crippen MR) is 64.0 cm³/mol.